The van der Waals surface area contributed by atoms with Gasteiger partial charge in [-0.05, 0) is 12.1 Å². The van der Waals surface area contributed by atoms with Crippen LogP contribution in [-0.4, -0.2) is 19.6 Å². The van der Waals surface area contributed by atoms with Crippen molar-refractivity contribution in [2.24, 2.45) is 0 Å². The lowest BCUT2D eigenvalue weighted by molar-refractivity contribution is 0.376. The Morgan fingerprint density at radius 3 is 2.00 bits per heavy atom. The van der Waals surface area contributed by atoms with E-state index in [2.05, 4.69) is 27.7 Å². The highest BCUT2D eigenvalue weighted by atomic mass is 27.2. The van der Waals surface area contributed by atoms with Crippen LogP contribution in [0.4, 0.5) is 0 Å². The molecular formula is C13H21AlO. The number of hydrogen-bond donors (Lipinski definition) is 0. The van der Waals surface area contributed by atoms with E-state index in [1.165, 1.54) is 0 Å². The number of para-hydroxylation sites is 1. The van der Waals surface area contributed by atoms with Crippen molar-refractivity contribution in [3.8, 4) is 5.75 Å². The molecule has 0 aliphatic rings. The van der Waals surface area contributed by atoms with Crippen molar-refractivity contribution in [1.82, 2.24) is 0 Å². The molecular weight excluding hydrogens is 199 g/mol. The van der Waals surface area contributed by atoms with Gasteiger partial charge in [-0.3, -0.25) is 0 Å². The zero-order valence-electron chi connectivity index (χ0n) is 10.2. The summed E-state index contributed by atoms with van der Waals surface area (Å²) in [5.41, 5.74) is 0.958. The summed E-state index contributed by atoms with van der Waals surface area (Å²) in [5, 5.41) is 0. The highest BCUT2D eigenvalue weighted by Gasteiger charge is 2.26. The van der Waals surface area contributed by atoms with Gasteiger partial charge in [0.2, 0.25) is 0 Å². The van der Waals surface area contributed by atoms with Crippen LogP contribution in [0.15, 0.2) is 30.3 Å². The normalized spacial score (nSPS) is 10.8. The van der Waals surface area contributed by atoms with E-state index in [1.807, 2.05) is 30.3 Å². The molecule has 1 aromatic rings. The summed E-state index contributed by atoms with van der Waals surface area (Å²) in [6, 6.07) is 10.1. The Morgan fingerprint density at radius 1 is 1.00 bits per heavy atom. The molecule has 1 nitrogen and oxygen atoms in total. The van der Waals surface area contributed by atoms with Gasteiger partial charge in [0, 0.05) is 5.47 Å². The van der Waals surface area contributed by atoms with Crippen molar-refractivity contribution in [1.29, 1.82) is 0 Å². The zero-order valence-corrected chi connectivity index (χ0v) is 11.4. The average molecular weight is 220 g/mol. The Kier molecular flexibility index (Phi) is 5.22. The molecule has 0 unspecified atom stereocenters. The first kappa shape index (κ1) is 12.6. The molecule has 0 spiro atoms. The molecule has 0 aromatic heterocycles. The molecule has 1 rings (SSSR count). The second kappa shape index (κ2) is 6.20. The largest absolute Gasteiger partial charge is 0.509 e. The predicted molar refractivity (Wildman–Crippen MR) is 67.9 cm³/mol. The third-order valence-electron chi connectivity index (χ3n) is 2.90. The number of ether oxygens (including phenoxy) is 1. The maximum absolute atomic E-state index is 5.85. The van der Waals surface area contributed by atoms with Crippen molar-refractivity contribution < 1.29 is 4.74 Å². The van der Waals surface area contributed by atoms with Crippen LogP contribution in [0.25, 0.3) is 0 Å². The van der Waals surface area contributed by atoms with Gasteiger partial charge >= 0.3 is 14.1 Å². The summed E-state index contributed by atoms with van der Waals surface area (Å²) in [7, 11) is 0. The summed E-state index contributed by atoms with van der Waals surface area (Å²) in [5.74, 6) is 1.01. The Hall–Kier alpha value is -0.448. The van der Waals surface area contributed by atoms with E-state index in [-0.39, 0.29) is 0 Å². The third kappa shape index (κ3) is 4.28. The van der Waals surface area contributed by atoms with Gasteiger partial charge in [-0.15, -0.1) is 0 Å². The van der Waals surface area contributed by atoms with Crippen molar-refractivity contribution in [3.63, 3.8) is 0 Å². The van der Waals surface area contributed by atoms with Gasteiger partial charge in [0.1, 0.15) is 5.75 Å². The van der Waals surface area contributed by atoms with E-state index in [9.17, 15) is 0 Å². The molecule has 0 radical (unpaired) electrons. The smallest absolute Gasteiger partial charge is 0.325 e. The van der Waals surface area contributed by atoms with Crippen LogP contribution in [0.3, 0.4) is 0 Å². The van der Waals surface area contributed by atoms with E-state index < -0.39 is 14.1 Å². The summed E-state index contributed by atoms with van der Waals surface area (Å²) in [6.45, 7) is 9.30. The molecule has 0 saturated heterocycles. The van der Waals surface area contributed by atoms with Crippen LogP contribution in [0.2, 0.25) is 9.56 Å². The SMILES string of the molecule is C[CH](C)[Al]([CH2]Oc1ccccc1)[CH](C)C. The van der Waals surface area contributed by atoms with Gasteiger partial charge in [0.25, 0.3) is 0 Å². The molecule has 1 aromatic carbocycles. The molecule has 0 fully saturated rings. The fourth-order valence-electron chi connectivity index (χ4n) is 1.86. The number of hydrogen-bond acceptors (Lipinski definition) is 1. The zero-order chi connectivity index (χ0) is 11.3. The molecule has 0 bridgehead atoms. The van der Waals surface area contributed by atoms with E-state index >= 15 is 0 Å². The van der Waals surface area contributed by atoms with E-state index in [0.717, 1.165) is 20.8 Å². The minimum absolute atomic E-state index is 0.772. The fraction of sp³-hybridized carbons (Fsp3) is 0.538. The molecule has 0 saturated carbocycles. The second-order valence-corrected chi connectivity index (χ2v) is 9.10. The molecule has 0 aliphatic heterocycles. The first-order valence-electron chi connectivity index (χ1n) is 5.79. The average Bonchev–Trinajstić information content (AvgIpc) is 2.18. The van der Waals surface area contributed by atoms with E-state index in [4.69, 9.17) is 4.74 Å². The molecule has 15 heavy (non-hydrogen) atoms. The highest BCUT2D eigenvalue weighted by molar-refractivity contribution is 6.61. The van der Waals surface area contributed by atoms with Crippen molar-refractivity contribution >= 4 is 14.1 Å². The minimum Gasteiger partial charge on any atom is -0.509 e. The Bertz CT molecular complexity index is 261. The quantitative estimate of drug-likeness (QED) is 0.683. The number of rotatable bonds is 5. The maximum atomic E-state index is 5.85. The van der Waals surface area contributed by atoms with Crippen molar-refractivity contribution in [3.05, 3.63) is 30.3 Å². The molecule has 0 atom stereocenters. The van der Waals surface area contributed by atoms with E-state index in [1.54, 1.807) is 0 Å². The molecule has 0 heterocycles. The molecule has 0 amide bonds. The van der Waals surface area contributed by atoms with Crippen molar-refractivity contribution in [2.45, 2.75) is 37.3 Å². The second-order valence-electron chi connectivity index (χ2n) is 4.78. The topological polar surface area (TPSA) is 9.23 Å². The molecule has 82 valence electrons. The lowest BCUT2D eigenvalue weighted by Gasteiger charge is -2.19. The van der Waals surface area contributed by atoms with Gasteiger partial charge in [-0.2, -0.15) is 0 Å². The first-order chi connectivity index (χ1) is 7.11. The lowest BCUT2D eigenvalue weighted by Crippen LogP contribution is -2.29. The molecule has 0 N–H and O–H groups in total. The van der Waals surface area contributed by atoms with Gasteiger partial charge < -0.3 is 4.74 Å². The predicted octanol–water partition coefficient (Wildman–Crippen LogP) is 3.92. The van der Waals surface area contributed by atoms with Gasteiger partial charge in [-0.25, -0.2) is 0 Å². The van der Waals surface area contributed by atoms with Crippen molar-refractivity contribution in [2.75, 3.05) is 5.47 Å². The maximum Gasteiger partial charge on any atom is 0.325 e. The number of benzene rings is 1. The van der Waals surface area contributed by atoms with Crippen LogP contribution in [0.1, 0.15) is 27.7 Å². The Balaban J connectivity index is 2.47. The molecule has 0 aliphatic carbocycles. The summed E-state index contributed by atoms with van der Waals surface area (Å²) >= 11 is -0.772. The van der Waals surface area contributed by atoms with Gasteiger partial charge in [0.05, 0.1) is 0 Å². The lowest BCUT2D eigenvalue weighted by atomic mass is 10.3. The summed E-state index contributed by atoms with van der Waals surface area (Å²) in [4.78, 5) is 0. The highest BCUT2D eigenvalue weighted by Crippen LogP contribution is 2.21. The first-order valence-corrected chi connectivity index (χ1v) is 7.94. The van der Waals surface area contributed by atoms with Gasteiger partial charge in [-0.1, -0.05) is 55.5 Å². The molecule has 2 heteroatoms. The Morgan fingerprint density at radius 2 is 1.53 bits per heavy atom. The van der Waals surface area contributed by atoms with Crippen LogP contribution >= 0.6 is 0 Å². The summed E-state index contributed by atoms with van der Waals surface area (Å²) < 4.78 is 7.48. The monoisotopic (exact) mass is 220 g/mol. The van der Waals surface area contributed by atoms with Crippen LogP contribution in [0.5, 0.6) is 5.75 Å². The summed E-state index contributed by atoms with van der Waals surface area (Å²) in [6.07, 6.45) is 0. The van der Waals surface area contributed by atoms with Crippen LogP contribution in [-0.2, 0) is 0 Å². The van der Waals surface area contributed by atoms with E-state index in [0.29, 0.717) is 0 Å². The minimum atomic E-state index is -0.772. The van der Waals surface area contributed by atoms with Gasteiger partial charge in [0.15, 0.2) is 0 Å². The third-order valence-corrected chi connectivity index (χ3v) is 6.88. The van der Waals surface area contributed by atoms with Crippen LogP contribution < -0.4 is 4.74 Å². The van der Waals surface area contributed by atoms with Crippen LogP contribution in [0, 0.1) is 0 Å². The fourth-order valence-corrected chi connectivity index (χ4v) is 4.56. The Labute approximate surface area is 97.8 Å². The standard InChI is InChI=1S/C7H7O.2C3H7.Al/c1-8-7-5-3-2-4-6-7;2*1-3-2;/h2-6H,1H2;2*3H,1-2H3;.